The van der Waals surface area contributed by atoms with E-state index in [0.717, 1.165) is 31.0 Å². The quantitative estimate of drug-likeness (QED) is 0.313. The second-order valence-corrected chi connectivity index (χ2v) is 3.18. The zero-order chi connectivity index (χ0) is 8.53. The molecule has 0 radical (unpaired) electrons. The van der Waals surface area contributed by atoms with Gasteiger partial charge in [0.2, 0.25) is 5.91 Å². The summed E-state index contributed by atoms with van der Waals surface area (Å²) in [6.45, 7) is 0. The maximum atomic E-state index is 10.5. The molecule has 0 rings (SSSR count). The molecule has 1 amide bonds. The van der Waals surface area contributed by atoms with E-state index in [2.05, 4.69) is 15.9 Å². The van der Waals surface area contributed by atoms with Gasteiger partial charge in [0.1, 0.15) is 0 Å². The Bertz CT molecular complexity index is 109. The number of carbonyl (C=O) groups is 1. The number of amides is 1. The second kappa shape index (κ2) is 8.01. The van der Waals surface area contributed by atoms with Crippen molar-refractivity contribution in [2.24, 2.45) is 0 Å². The first-order valence-electron chi connectivity index (χ1n) is 3.80. The molecule has 66 valence electrons. The molecule has 0 heterocycles. The fourth-order valence-electron chi connectivity index (χ4n) is 0.790. The summed E-state index contributed by atoms with van der Waals surface area (Å²) < 4.78 is 0. The summed E-state index contributed by atoms with van der Waals surface area (Å²) in [6.07, 6.45) is 4.64. The summed E-state index contributed by atoms with van der Waals surface area (Å²) >= 11 is 3.32. The van der Waals surface area contributed by atoms with E-state index in [9.17, 15) is 4.79 Å². The molecule has 0 bridgehead atoms. The summed E-state index contributed by atoms with van der Waals surface area (Å²) in [4.78, 5) is 10.5. The Kier molecular flexibility index (Phi) is 7.95. The maximum Gasteiger partial charge on any atom is 0.243 e. The molecule has 11 heavy (non-hydrogen) atoms. The Morgan fingerprint density at radius 1 is 1.27 bits per heavy atom. The van der Waals surface area contributed by atoms with Crippen molar-refractivity contribution < 1.29 is 10.0 Å². The lowest BCUT2D eigenvalue weighted by atomic mass is 10.1. The highest BCUT2D eigenvalue weighted by Gasteiger charge is 1.97. The van der Waals surface area contributed by atoms with E-state index in [4.69, 9.17) is 5.21 Å². The van der Waals surface area contributed by atoms with Crippen LogP contribution in [-0.2, 0) is 4.79 Å². The van der Waals surface area contributed by atoms with Crippen LogP contribution in [0.3, 0.4) is 0 Å². The van der Waals surface area contributed by atoms with Crippen molar-refractivity contribution in [3.63, 3.8) is 0 Å². The van der Waals surface area contributed by atoms with E-state index in [-0.39, 0.29) is 5.91 Å². The molecule has 0 aromatic heterocycles. The first kappa shape index (κ1) is 10.9. The first-order chi connectivity index (χ1) is 5.31. The molecule has 0 aliphatic heterocycles. The second-order valence-electron chi connectivity index (χ2n) is 2.39. The molecule has 0 spiro atoms. The molecule has 0 atom stereocenters. The van der Waals surface area contributed by atoms with Crippen LogP contribution in [-0.4, -0.2) is 16.4 Å². The van der Waals surface area contributed by atoms with Gasteiger partial charge in [0, 0.05) is 11.8 Å². The van der Waals surface area contributed by atoms with Gasteiger partial charge in [-0.2, -0.15) is 0 Å². The fraction of sp³-hybridized carbons (Fsp3) is 0.857. The van der Waals surface area contributed by atoms with Gasteiger partial charge >= 0.3 is 0 Å². The van der Waals surface area contributed by atoms with Gasteiger partial charge in [0.15, 0.2) is 0 Å². The highest BCUT2D eigenvalue weighted by molar-refractivity contribution is 9.09. The number of nitrogens with one attached hydrogen (secondary N) is 1. The molecular formula is C7H14BrNO2. The molecule has 4 heteroatoms. The Morgan fingerprint density at radius 2 is 1.91 bits per heavy atom. The number of alkyl halides is 1. The molecule has 0 aliphatic rings. The van der Waals surface area contributed by atoms with E-state index < -0.39 is 0 Å². The highest BCUT2D eigenvalue weighted by atomic mass is 79.9. The van der Waals surface area contributed by atoms with Crippen LogP contribution < -0.4 is 5.48 Å². The minimum absolute atomic E-state index is 0.288. The van der Waals surface area contributed by atoms with Crippen LogP contribution in [0.1, 0.15) is 32.1 Å². The number of unbranched alkanes of at least 4 members (excludes halogenated alkanes) is 3. The molecule has 0 aliphatic carbocycles. The van der Waals surface area contributed by atoms with Crippen LogP contribution in [0.4, 0.5) is 0 Å². The predicted molar refractivity (Wildman–Crippen MR) is 46.8 cm³/mol. The van der Waals surface area contributed by atoms with Gasteiger partial charge in [-0.15, -0.1) is 0 Å². The minimum atomic E-state index is -0.288. The molecule has 0 aromatic rings. The van der Waals surface area contributed by atoms with E-state index in [1.165, 1.54) is 0 Å². The third-order valence-electron chi connectivity index (χ3n) is 1.41. The van der Waals surface area contributed by atoms with Crippen molar-refractivity contribution in [2.45, 2.75) is 32.1 Å². The summed E-state index contributed by atoms with van der Waals surface area (Å²) in [5.74, 6) is -0.288. The predicted octanol–water partition coefficient (Wildman–Crippen LogP) is 1.84. The monoisotopic (exact) mass is 223 g/mol. The van der Waals surface area contributed by atoms with Crippen LogP contribution in [0, 0.1) is 0 Å². The lowest BCUT2D eigenvalue weighted by Gasteiger charge is -1.97. The van der Waals surface area contributed by atoms with E-state index >= 15 is 0 Å². The lowest BCUT2D eigenvalue weighted by Crippen LogP contribution is -2.17. The Hall–Kier alpha value is -0.0900. The zero-order valence-electron chi connectivity index (χ0n) is 6.48. The van der Waals surface area contributed by atoms with Crippen LogP contribution in [0.15, 0.2) is 0 Å². The molecular weight excluding hydrogens is 210 g/mol. The number of hydrogen-bond acceptors (Lipinski definition) is 2. The normalized spacial score (nSPS) is 9.64. The Morgan fingerprint density at radius 3 is 2.45 bits per heavy atom. The Labute approximate surface area is 75.3 Å². The first-order valence-corrected chi connectivity index (χ1v) is 4.92. The summed E-state index contributed by atoms with van der Waals surface area (Å²) in [5, 5.41) is 9.16. The number of hydrogen-bond donors (Lipinski definition) is 2. The van der Waals surface area contributed by atoms with E-state index in [1.807, 2.05) is 0 Å². The summed E-state index contributed by atoms with van der Waals surface area (Å²) in [7, 11) is 0. The number of rotatable bonds is 6. The Balaban J connectivity index is 2.95. The molecule has 0 aromatic carbocycles. The van der Waals surface area contributed by atoms with Crippen molar-refractivity contribution >= 4 is 21.8 Å². The van der Waals surface area contributed by atoms with E-state index in [1.54, 1.807) is 5.48 Å². The highest BCUT2D eigenvalue weighted by Crippen LogP contribution is 2.03. The minimum Gasteiger partial charge on any atom is -0.289 e. The van der Waals surface area contributed by atoms with Crippen molar-refractivity contribution in [1.29, 1.82) is 0 Å². The standard InChI is InChI=1S/C7H14BrNO2/c8-6-4-2-1-3-5-7(10)9-11/h11H,1-6H2,(H,9,10). The zero-order valence-corrected chi connectivity index (χ0v) is 8.06. The van der Waals surface area contributed by atoms with Crippen LogP contribution in [0.5, 0.6) is 0 Å². The van der Waals surface area contributed by atoms with Crippen molar-refractivity contribution in [3.8, 4) is 0 Å². The van der Waals surface area contributed by atoms with Crippen molar-refractivity contribution in [2.75, 3.05) is 5.33 Å². The molecule has 0 unspecified atom stereocenters. The summed E-state index contributed by atoms with van der Waals surface area (Å²) in [5.41, 5.74) is 1.61. The lowest BCUT2D eigenvalue weighted by molar-refractivity contribution is -0.129. The molecule has 0 fully saturated rings. The van der Waals surface area contributed by atoms with Crippen LogP contribution >= 0.6 is 15.9 Å². The average molecular weight is 224 g/mol. The molecule has 3 nitrogen and oxygen atoms in total. The maximum absolute atomic E-state index is 10.5. The van der Waals surface area contributed by atoms with Gasteiger partial charge in [-0.3, -0.25) is 10.0 Å². The van der Waals surface area contributed by atoms with Crippen LogP contribution in [0.25, 0.3) is 0 Å². The molecule has 0 saturated carbocycles. The SMILES string of the molecule is O=C(CCCCCCBr)NO. The van der Waals surface area contributed by atoms with Gasteiger partial charge in [-0.05, 0) is 12.8 Å². The van der Waals surface area contributed by atoms with Crippen LogP contribution in [0.2, 0.25) is 0 Å². The average Bonchev–Trinajstić information content (AvgIpc) is 2.04. The van der Waals surface area contributed by atoms with E-state index in [0.29, 0.717) is 6.42 Å². The van der Waals surface area contributed by atoms with Gasteiger partial charge in [0.25, 0.3) is 0 Å². The van der Waals surface area contributed by atoms with Crippen molar-refractivity contribution in [1.82, 2.24) is 5.48 Å². The third-order valence-corrected chi connectivity index (χ3v) is 1.97. The topological polar surface area (TPSA) is 49.3 Å². The largest absolute Gasteiger partial charge is 0.289 e. The molecule has 2 N–H and O–H groups in total. The van der Waals surface area contributed by atoms with Gasteiger partial charge in [-0.1, -0.05) is 28.8 Å². The van der Waals surface area contributed by atoms with Gasteiger partial charge in [0.05, 0.1) is 0 Å². The fourth-order valence-corrected chi connectivity index (χ4v) is 1.19. The molecule has 0 saturated heterocycles. The summed E-state index contributed by atoms with van der Waals surface area (Å²) in [6, 6.07) is 0. The van der Waals surface area contributed by atoms with Gasteiger partial charge < -0.3 is 0 Å². The number of halogens is 1. The number of carbonyl (C=O) groups excluding carboxylic acids is 1. The van der Waals surface area contributed by atoms with Gasteiger partial charge in [-0.25, -0.2) is 5.48 Å². The third kappa shape index (κ3) is 7.81. The van der Waals surface area contributed by atoms with Crippen molar-refractivity contribution in [3.05, 3.63) is 0 Å². The number of hydroxylamine groups is 1. The smallest absolute Gasteiger partial charge is 0.243 e.